The molecule has 0 fully saturated rings. The highest BCUT2D eigenvalue weighted by molar-refractivity contribution is 5.94. The van der Waals surface area contributed by atoms with E-state index < -0.39 is 5.41 Å². The molecule has 0 unspecified atom stereocenters. The van der Waals surface area contributed by atoms with Gasteiger partial charge in [0.1, 0.15) is 0 Å². The van der Waals surface area contributed by atoms with E-state index >= 15 is 0 Å². The molecule has 3 aromatic carbocycles. The quantitative estimate of drug-likeness (QED) is 0.660. The van der Waals surface area contributed by atoms with Gasteiger partial charge in [-0.05, 0) is 39.6 Å². The smallest absolute Gasteiger partial charge is 0.0834 e. The van der Waals surface area contributed by atoms with E-state index in [-0.39, 0.29) is 0 Å². The van der Waals surface area contributed by atoms with Crippen molar-refractivity contribution in [1.82, 2.24) is 0 Å². The topological polar surface area (TPSA) is 26.0 Å². The van der Waals surface area contributed by atoms with Crippen molar-refractivity contribution in [2.45, 2.75) is 5.41 Å². The zero-order valence-electron chi connectivity index (χ0n) is 14.2. The Balaban J connectivity index is 1.98. The molecule has 26 heavy (non-hydrogen) atoms. The molecule has 122 valence electrons. The summed E-state index contributed by atoms with van der Waals surface area (Å²) in [5, 5.41) is 0. The summed E-state index contributed by atoms with van der Waals surface area (Å²) in [4.78, 5) is 0. The number of hydrogen-bond acceptors (Lipinski definition) is 1. The molecule has 1 heteroatoms. The summed E-state index contributed by atoms with van der Waals surface area (Å²) in [6.45, 7) is 0. The zero-order chi connectivity index (χ0) is 17.6. The number of allylic oxidation sites excluding steroid dienone is 3. The normalized spacial score (nSPS) is 16.2. The van der Waals surface area contributed by atoms with Gasteiger partial charge in [0.2, 0.25) is 0 Å². The van der Waals surface area contributed by atoms with E-state index in [0.29, 0.717) is 5.70 Å². The molecule has 0 bridgehead atoms. The molecule has 0 saturated heterocycles. The number of hydrogen-bond donors (Lipinski definition) is 1. The van der Waals surface area contributed by atoms with Gasteiger partial charge >= 0.3 is 0 Å². The van der Waals surface area contributed by atoms with E-state index in [1.54, 1.807) is 0 Å². The largest absolute Gasteiger partial charge is 0.392 e. The Morgan fingerprint density at radius 2 is 1.23 bits per heavy atom. The standard InChI is InChI=1S/C25H17N/c26-20-15-16-22-21-13-7-8-14-23(21)25(24(22)17-20,18-9-3-1-4-10-18)19-11-5-2-6-12-19/h1-14,17H,26H2. The molecular formula is C25H17N. The predicted molar refractivity (Wildman–Crippen MR) is 105 cm³/mol. The number of fused-ring (bicyclic) bond motifs is 3. The Labute approximate surface area is 153 Å². The van der Waals surface area contributed by atoms with Gasteiger partial charge in [-0.1, -0.05) is 90.7 Å². The summed E-state index contributed by atoms with van der Waals surface area (Å²) in [6, 6.07) is 29.9. The van der Waals surface area contributed by atoms with Crippen molar-refractivity contribution in [2.24, 2.45) is 5.73 Å². The molecule has 2 aliphatic carbocycles. The van der Waals surface area contributed by atoms with Gasteiger partial charge in [-0.15, -0.1) is 0 Å². The first-order valence-electron chi connectivity index (χ1n) is 8.76. The Morgan fingerprint density at radius 3 is 1.88 bits per heavy atom. The summed E-state index contributed by atoms with van der Waals surface area (Å²) in [6.07, 6.45) is 2.06. The Morgan fingerprint density at radius 1 is 0.654 bits per heavy atom. The molecule has 0 saturated carbocycles. The van der Waals surface area contributed by atoms with Gasteiger partial charge in [-0.2, -0.15) is 0 Å². The second-order valence-corrected chi connectivity index (χ2v) is 6.67. The van der Waals surface area contributed by atoms with E-state index in [2.05, 4.69) is 102 Å². The lowest BCUT2D eigenvalue weighted by Crippen LogP contribution is -2.29. The highest BCUT2D eigenvalue weighted by Crippen LogP contribution is 2.57. The van der Waals surface area contributed by atoms with Gasteiger partial charge in [-0.25, -0.2) is 0 Å². The van der Waals surface area contributed by atoms with Crippen LogP contribution in [0.2, 0.25) is 0 Å². The first-order chi connectivity index (χ1) is 12.8. The van der Waals surface area contributed by atoms with Crippen LogP contribution in [0.1, 0.15) is 22.3 Å². The van der Waals surface area contributed by atoms with Crippen molar-refractivity contribution in [2.75, 3.05) is 0 Å². The lowest BCUT2D eigenvalue weighted by Gasteiger charge is -2.34. The molecule has 0 aliphatic heterocycles. The minimum atomic E-state index is -0.395. The molecule has 5 rings (SSSR count). The molecule has 0 amide bonds. The van der Waals surface area contributed by atoms with Crippen LogP contribution < -0.4 is 5.73 Å². The van der Waals surface area contributed by atoms with Crippen LogP contribution in [0.4, 0.5) is 0 Å². The number of nitrogens with two attached hydrogens (primary N) is 1. The van der Waals surface area contributed by atoms with Gasteiger partial charge in [0.05, 0.1) is 11.1 Å². The van der Waals surface area contributed by atoms with Crippen LogP contribution >= 0.6 is 0 Å². The highest BCUT2D eigenvalue weighted by atomic mass is 14.6. The van der Waals surface area contributed by atoms with Crippen LogP contribution in [-0.4, -0.2) is 0 Å². The first-order valence-corrected chi connectivity index (χ1v) is 8.76. The van der Waals surface area contributed by atoms with Gasteiger partial charge in [0.15, 0.2) is 0 Å². The minimum absolute atomic E-state index is 0.395. The molecule has 2 aliphatic rings. The van der Waals surface area contributed by atoms with Crippen LogP contribution in [0.5, 0.6) is 0 Å². The van der Waals surface area contributed by atoms with Crippen molar-refractivity contribution in [3.05, 3.63) is 136 Å². The Bertz CT molecular complexity index is 1100. The maximum absolute atomic E-state index is 6.16. The highest BCUT2D eigenvalue weighted by Gasteiger charge is 2.48. The number of rotatable bonds is 2. The molecule has 0 aromatic heterocycles. The summed E-state index contributed by atoms with van der Waals surface area (Å²) >= 11 is 0. The Kier molecular flexibility index (Phi) is 3.14. The second kappa shape index (κ2) is 5.51. The first kappa shape index (κ1) is 14.8. The Hall–Kier alpha value is -3.50. The fourth-order valence-corrected chi connectivity index (χ4v) is 4.31. The molecule has 3 aromatic rings. The average Bonchev–Trinajstić information content (AvgIpc) is 3.00. The minimum Gasteiger partial charge on any atom is -0.392 e. The van der Waals surface area contributed by atoms with Gasteiger partial charge in [0, 0.05) is 5.57 Å². The van der Waals surface area contributed by atoms with E-state index in [1.165, 1.54) is 27.8 Å². The molecule has 0 heterocycles. The van der Waals surface area contributed by atoms with Crippen LogP contribution in [-0.2, 0) is 5.41 Å². The average molecular weight is 331 g/mol. The van der Waals surface area contributed by atoms with E-state index in [1.807, 2.05) is 0 Å². The van der Waals surface area contributed by atoms with Crippen LogP contribution in [0, 0.1) is 0 Å². The van der Waals surface area contributed by atoms with E-state index in [0.717, 1.165) is 5.57 Å². The lowest BCUT2D eigenvalue weighted by atomic mass is 9.67. The SMILES string of the molecule is NC1=C=C=C2C(=C1)C(c1ccccc1)(c1ccccc1)c1ccccc12. The molecule has 0 radical (unpaired) electrons. The third kappa shape index (κ3) is 1.87. The molecular weight excluding hydrogens is 314 g/mol. The summed E-state index contributed by atoms with van der Waals surface area (Å²) in [5.41, 5.74) is 20.0. The molecule has 0 atom stereocenters. The van der Waals surface area contributed by atoms with Crippen LogP contribution in [0.15, 0.2) is 114 Å². The molecule has 2 N–H and O–H groups in total. The van der Waals surface area contributed by atoms with Crippen molar-refractivity contribution in [3.63, 3.8) is 0 Å². The van der Waals surface area contributed by atoms with E-state index in [9.17, 15) is 0 Å². The summed E-state index contributed by atoms with van der Waals surface area (Å²) in [7, 11) is 0. The van der Waals surface area contributed by atoms with Crippen LogP contribution in [0.3, 0.4) is 0 Å². The van der Waals surface area contributed by atoms with Gasteiger partial charge < -0.3 is 5.73 Å². The number of benzene rings is 3. The lowest BCUT2D eigenvalue weighted by molar-refractivity contribution is 0.768. The van der Waals surface area contributed by atoms with E-state index in [4.69, 9.17) is 5.73 Å². The maximum Gasteiger partial charge on any atom is 0.0834 e. The third-order valence-corrected chi connectivity index (χ3v) is 5.32. The van der Waals surface area contributed by atoms with Gasteiger partial charge in [-0.3, -0.25) is 0 Å². The summed E-state index contributed by atoms with van der Waals surface area (Å²) in [5.74, 6) is 0. The molecule has 0 spiro atoms. The van der Waals surface area contributed by atoms with Crippen molar-refractivity contribution < 1.29 is 0 Å². The van der Waals surface area contributed by atoms with Crippen molar-refractivity contribution in [3.8, 4) is 0 Å². The maximum atomic E-state index is 6.16. The van der Waals surface area contributed by atoms with Crippen molar-refractivity contribution in [1.29, 1.82) is 0 Å². The predicted octanol–water partition coefficient (Wildman–Crippen LogP) is 4.95. The molecule has 1 nitrogen and oxygen atoms in total. The van der Waals surface area contributed by atoms with Gasteiger partial charge in [0.25, 0.3) is 0 Å². The zero-order valence-corrected chi connectivity index (χ0v) is 14.2. The summed E-state index contributed by atoms with van der Waals surface area (Å²) < 4.78 is 0. The third-order valence-electron chi connectivity index (χ3n) is 5.32. The second-order valence-electron chi connectivity index (χ2n) is 6.67. The fraction of sp³-hybridized carbons (Fsp3) is 0.0400. The monoisotopic (exact) mass is 331 g/mol. The van der Waals surface area contributed by atoms with Crippen molar-refractivity contribution >= 4 is 5.57 Å². The van der Waals surface area contributed by atoms with Crippen LogP contribution in [0.25, 0.3) is 5.57 Å². The fourth-order valence-electron chi connectivity index (χ4n) is 4.31.